The van der Waals surface area contributed by atoms with Crippen LogP contribution >= 0.6 is 0 Å². The van der Waals surface area contributed by atoms with Gasteiger partial charge in [0, 0.05) is 37.5 Å². The summed E-state index contributed by atoms with van der Waals surface area (Å²) in [5.41, 5.74) is 1.34. The molecule has 3 heteroatoms. The van der Waals surface area contributed by atoms with Crippen LogP contribution in [0.25, 0.3) is 10.8 Å². The molecule has 0 unspecified atom stereocenters. The van der Waals surface area contributed by atoms with E-state index in [-0.39, 0.29) is 0 Å². The standard InChI is InChI=1S/C17H22N2O/c1-3-15(17-7-9-19-12-16(17)4-1)11-18-8-2-10-20-13-14-5-6-14/h1,3-4,7,9,12,14,18H,2,5-6,8,10-11,13H2. The third-order valence-electron chi connectivity index (χ3n) is 3.78. The summed E-state index contributed by atoms with van der Waals surface area (Å²) in [5.74, 6) is 0.868. The van der Waals surface area contributed by atoms with Crippen molar-refractivity contribution in [1.29, 1.82) is 0 Å². The molecule has 106 valence electrons. The minimum absolute atomic E-state index is 0.868. The molecule has 1 aromatic heterocycles. The van der Waals surface area contributed by atoms with Gasteiger partial charge in [-0.15, -0.1) is 0 Å². The van der Waals surface area contributed by atoms with Crippen LogP contribution in [0.15, 0.2) is 36.7 Å². The summed E-state index contributed by atoms with van der Waals surface area (Å²) in [6.07, 6.45) is 7.60. The molecule has 0 saturated heterocycles. The summed E-state index contributed by atoms with van der Waals surface area (Å²) in [6, 6.07) is 8.47. The molecule has 1 aliphatic carbocycles. The normalized spacial score (nSPS) is 14.8. The molecule has 1 N–H and O–H groups in total. The highest BCUT2D eigenvalue weighted by Gasteiger charge is 2.20. The van der Waals surface area contributed by atoms with E-state index < -0.39 is 0 Å². The zero-order chi connectivity index (χ0) is 13.6. The maximum absolute atomic E-state index is 5.63. The van der Waals surface area contributed by atoms with Crippen molar-refractivity contribution in [2.75, 3.05) is 19.8 Å². The Bertz CT molecular complexity index is 546. The number of aromatic nitrogens is 1. The number of rotatable bonds is 8. The molecule has 1 aliphatic rings. The van der Waals surface area contributed by atoms with Crippen molar-refractivity contribution in [3.8, 4) is 0 Å². The molecule has 0 atom stereocenters. The largest absolute Gasteiger partial charge is 0.381 e. The van der Waals surface area contributed by atoms with Gasteiger partial charge in [-0.2, -0.15) is 0 Å². The van der Waals surface area contributed by atoms with Crippen molar-refractivity contribution in [2.45, 2.75) is 25.8 Å². The summed E-state index contributed by atoms with van der Waals surface area (Å²) in [5, 5.41) is 6.00. The maximum atomic E-state index is 5.63. The number of hydrogen-bond acceptors (Lipinski definition) is 3. The molecule has 20 heavy (non-hydrogen) atoms. The Hall–Kier alpha value is -1.45. The average molecular weight is 270 g/mol. The van der Waals surface area contributed by atoms with E-state index in [1.165, 1.54) is 29.2 Å². The van der Waals surface area contributed by atoms with Crippen molar-refractivity contribution in [1.82, 2.24) is 10.3 Å². The molecule has 1 saturated carbocycles. The van der Waals surface area contributed by atoms with Gasteiger partial charge in [0.15, 0.2) is 0 Å². The first-order valence-corrected chi connectivity index (χ1v) is 7.53. The van der Waals surface area contributed by atoms with Crippen LogP contribution in [0, 0.1) is 5.92 Å². The van der Waals surface area contributed by atoms with Gasteiger partial charge in [-0.25, -0.2) is 0 Å². The van der Waals surface area contributed by atoms with Crippen LogP contribution in [0.1, 0.15) is 24.8 Å². The lowest BCUT2D eigenvalue weighted by atomic mass is 10.1. The Morgan fingerprint density at radius 1 is 1.25 bits per heavy atom. The number of benzene rings is 1. The van der Waals surface area contributed by atoms with E-state index in [0.717, 1.165) is 38.6 Å². The minimum Gasteiger partial charge on any atom is -0.381 e. The Morgan fingerprint density at radius 3 is 3.10 bits per heavy atom. The molecule has 0 aliphatic heterocycles. The van der Waals surface area contributed by atoms with Gasteiger partial charge in [-0.3, -0.25) is 4.98 Å². The Kier molecular flexibility index (Phi) is 4.61. The van der Waals surface area contributed by atoms with Gasteiger partial charge >= 0.3 is 0 Å². The highest BCUT2D eigenvalue weighted by molar-refractivity contribution is 5.84. The van der Waals surface area contributed by atoms with Crippen LogP contribution in [0.4, 0.5) is 0 Å². The molecule has 1 fully saturated rings. The van der Waals surface area contributed by atoms with E-state index in [1.54, 1.807) is 0 Å². The van der Waals surface area contributed by atoms with Crippen LogP contribution in [0.2, 0.25) is 0 Å². The predicted molar refractivity (Wildman–Crippen MR) is 81.6 cm³/mol. The fraction of sp³-hybridized carbons (Fsp3) is 0.471. The number of hydrogen-bond donors (Lipinski definition) is 1. The van der Waals surface area contributed by atoms with Gasteiger partial charge in [-0.05, 0) is 48.7 Å². The molecule has 3 rings (SSSR count). The van der Waals surface area contributed by atoms with Crippen molar-refractivity contribution in [2.24, 2.45) is 5.92 Å². The van der Waals surface area contributed by atoms with Crippen LogP contribution in [0.3, 0.4) is 0 Å². The Labute approximate surface area is 120 Å². The topological polar surface area (TPSA) is 34.1 Å². The zero-order valence-corrected chi connectivity index (χ0v) is 11.8. The second-order valence-corrected chi connectivity index (χ2v) is 5.56. The van der Waals surface area contributed by atoms with Crippen LogP contribution < -0.4 is 5.32 Å². The number of nitrogens with one attached hydrogen (secondary N) is 1. The highest BCUT2D eigenvalue weighted by Crippen LogP contribution is 2.28. The molecule has 1 aromatic carbocycles. The van der Waals surface area contributed by atoms with E-state index in [0.29, 0.717) is 0 Å². The van der Waals surface area contributed by atoms with Gasteiger partial charge in [0.2, 0.25) is 0 Å². The van der Waals surface area contributed by atoms with Gasteiger partial charge in [0.25, 0.3) is 0 Å². The van der Waals surface area contributed by atoms with Crippen molar-refractivity contribution in [3.05, 3.63) is 42.2 Å². The molecule has 3 nitrogen and oxygen atoms in total. The summed E-state index contributed by atoms with van der Waals surface area (Å²) >= 11 is 0. The molecule has 0 bridgehead atoms. The Morgan fingerprint density at radius 2 is 2.20 bits per heavy atom. The first-order chi connectivity index (χ1) is 9.93. The zero-order valence-electron chi connectivity index (χ0n) is 11.8. The fourth-order valence-corrected chi connectivity index (χ4v) is 2.40. The lowest BCUT2D eigenvalue weighted by molar-refractivity contribution is 0.122. The van der Waals surface area contributed by atoms with Crippen LogP contribution in [-0.2, 0) is 11.3 Å². The van der Waals surface area contributed by atoms with Crippen LogP contribution in [0.5, 0.6) is 0 Å². The number of pyridine rings is 1. The van der Waals surface area contributed by atoms with E-state index in [4.69, 9.17) is 4.74 Å². The smallest absolute Gasteiger partial charge is 0.0494 e. The molecular weight excluding hydrogens is 248 g/mol. The summed E-state index contributed by atoms with van der Waals surface area (Å²) < 4.78 is 5.63. The van der Waals surface area contributed by atoms with Gasteiger partial charge in [0.05, 0.1) is 0 Å². The molecule has 2 aromatic rings. The van der Waals surface area contributed by atoms with E-state index in [9.17, 15) is 0 Å². The monoisotopic (exact) mass is 270 g/mol. The van der Waals surface area contributed by atoms with Crippen molar-refractivity contribution >= 4 is 10.8 Å². The number of fused-ring (bicyclic) bond motifs is 1. The SMILES string of the molecule is c1cc(CNCCCOCC2CC2)c2ccncc2c1. The maximum Gasteiger partial charge on any atom is 0.0494 e. The second kappa shape index (κ2) is 6.82. The molecule has 0 amide bonds. The van der Waals surface area contributed by atoms with Gasteiger partial charge in [0.1, 0.15) is 0 Å². The first kappa shape index (κ1) is 13.5. The predicted octanol–water partition coefficient (Wildman–Crippen LogP) is 3.14. The summed E-state index contributed by atoms with van der Waals surface area (Å²) in [7, 11) is 0. The fourth-order valence-electron chi connectivity index (χ4n) is 2.40. The van der Waals surface area contributed by atoms with Crippen molar-refractivity contribution < 1.29 is 4.74 Å². The van der Waals surface area contributed by atoms with E-state index >= 15 is 0 Å². The quantitative estimate of drug-likeness (QED) is 0.748. The van der Waals surface area contributed by atoms with Crippen molar-refractivity contribution in [3.63, 3.8) is 0 Å². The third-order valence-corrected chi connectivity index (χ3v) is 3.78. The minimum atomic E-state index is 0.868. The molecule has 1 heterocycles. The lowest BCUT2D eigenvalue weighted by Crippen LogP contribution is -2.16. The van der Waals surface area contributed by atoms with Crippen LogP contribution in [-0.4, -0.2) is 24.7 Å². The summed E-state index contributed by atoms with van der Waals surface area (Å²) in [4.78, 5) is 4.17. The second-order valence-electron chi connectivity index (χ2n) is 5.56. The average Bonchev–Trinajstić information content (AvgIpc) is 3.30. The molecule has 0 radical (unpaired) electrons. The number of ether oxygens (including phenoxy) is 1. The first-order valence-electron chi connectivity index (χ1n) is 7.53. The summed E-state index contributed by atoms with van der Waals surface area (Å²) in [6.45, 7) is 3.76. The molecule has 0 spiro atoms. The lowest BCUT2D eigenvalue weighted by Gasteiger charge is -2.08. The molecular formula is C17H22N2O. The van der Waals surface area contributed by atoms with Gasteiger partial charge < -0.3 is 10.1 Å². The van der Waals surface area contributed by atoms with E-state index in [1.807, 2.05) is 12.4 Å². The Balaban J connectivity index is 1.40. The third kappa shape index (κ3) is 3.78. The van der Waals surface area contributed by atoms with Gasteiger partial charge in [-0.1, -0.05) is 18.2 Å². The van der Waals surface area contributed by atoms with E-state index in [2.05, 4.69) is 34.6 Å². The number of nitrogens with zero attached hydrogens (tertiary/aromatic N) is 1. The highest BCUT2D eigenvalue weighted by atomic mass is 16.5.